The van der Waals surface area contributed by atoms with E-state index in [2.05, 4.69) is 14.7 Å². The number of pyridine rings is 1. The van der Waals surface area contributed by atoms with Crippen molar-refractivity contribution in [3.05, 3.63) is 65.2 Å². The molecule has 0 fully saturated rings. The smallest absolute Gasteiger partial charge is 0.148 e. The summed E-state index contributed by atoms with van der Waals surface area (Å²) in [7, 11) is 0. The Bertz CT molecular complexity index is 888. The highest BCUT2D eigenvalue weighted by molar-refractivity contribution is 8.00. The lowest BCUT2D eigenvalue weighted by Gasteiger charge is -2.05. The third-order valence-electron chi connectivity index (χ3n) is 3.02. The minimum absolute atomic E-state index is 0.286. The molecular formula is C16H10ClFN4S. The molecule has 0 amide bonds. The SMILES string of the molecule is N#Cc1ccc(NSc2c[nH]c(-c3cccc(Cl)n3)c2)c(F)c1. The van der Waals surface area contributed by atoms with Gasteiger partial charge in [0.05, 0.1) is 28.7 Å². The molecule has 0 aliphatic rings. The van der Waals surface area contributed by atoms with Gasteiger partial charge in [-0.15, -0.1) is 0 Å². The molecule has 0 bridgehead atoms. The van der Waals surface area contributed by atoms with Crippen LogP contribution in [0.5, 0.6) is 0 Å². The summed E-state index contributed by atoms with van der Waals surface area (Å²) >= 11 is 7.13. The van der Waals surface area contributed by atoms with E-state index in [1.807, 2.05) is 24.3 Å². The van der Waals surface area contributed by atoms with Gasteiger partial charge in [0, 0.05) is 11.1 Å². The van der Waals surface area contributed by atoms with Crippen molar-refractivity contribution in [1.29, 1.82) is 5.26 Å². The van der Waals surface area contributed by atoms with Crippen molar-refractivity contribution in [3.8, 4) is 17.5 Å². The number of nitriles is 1. The van der Waals surface area contributed by atoms with Gasteiger partial charge in [0.15, 0.2) is 0 Å². The highest BCUT2D eigenvalue weighted by atomic mass is 35.5. The van der Waals surface area contributed by atoms with E-state index >= 15 is 0 Å². The molecule has 2 N–H and O–H groups in total. The van der Waals surface area contributed by atoms with Crippen molar-refractivity contribution in [1.82, 2.24) is 9.97 Å². The maximum atomic E-state index is 13.8. The molecule has 0 radical (unpaired) electrons. The summed E-state index contributed by atoms with van der Waals surface area (Å²) in [6.07, 6.45) is 1.79. The van der Waals surface area contributed by atoms with E-state index in [9.17, 15) is 4.39 Å². The monoisotopic (exact) mass is 344 g/mol. The van der Waals surface area contributed by atoms with E-state index in [-0.39, 0.29) is 5.56 Å². The van der Waals surface area contributed by atoms with Crippen LogP contribution in [-0.2, 0) is 0 Å². The second kappa shape index (κ2) is 6.73. The van der Waals surface area contributed by atoms with Gasteiger partial charge in [0.25, 0.3) is 0 Å². The van der Waals surface area contributed by atoms with Crippen LogP contribution < -0.4 is 4.72 Å². The van der Waals surface area contributed by atoms with E-state index in [0.717, 1.165) is 16.3 Å². The van der Waals surface area contributed by atoms with Crippen molar-refractivity contribution >= 4 is 29.2 Å². The first-order valence-corrected chi connectivity index (χ1v) is 7.79. The molecule has 2 aromatic heterocycles. The molecule has 0 spiro atoms. The van der Waals surface area contributed by atoms with Crippen molar-refractivity contribution in [2.24, 2.45) is 0 Å². The second-order valence-electron chi connectivity index (χ2n) is 4.61. The molecule has 0 atom stereocenters. The summed E-state index contributed by atoms with van der Waals surface area (Å²) in [5, 5.41) is 9.15. The number of H-pyrrole nitrogens is 1. The standard InChI is InChI=1S/C16H10ClFN4S/c17-16-3-1-2-14(21-16)15-7-11(9-20-15)23-22-13-5-4-10(8-19)6-12(13)18/h1-7,9,20,22H. The van der Waals surface area contributed by atoms with E-state index < -0.39 is 5.82 Å². The predicted molar refractivity (Wildman–Crippen MR) is 89.6 cm³/mol. The van der Waals surface area contributed by atoms with Crippen LogP contribution in [0.4, 0.5) is 10.1 Å². The van der Waals surface area contributed by atoms with Crippen LogP contribution in [0.15, 0.2) is 53.6 Å². The first-order chi connectivity index (χ1) is 11.2. The lowest BCUT2D eigenvalue weighted by atomic mass is 10.2. The molecule has 0 unspecified atom stereocenters. The predicted octanol–water partition coefficient (Wildman–Crippen LogP) is 4.86. The molecule has 0 aliphatic heterocycles. The largest absolute Gasteiger partial charge is 0.359 e. The van der Waals surface area contributed by atoms with Gasteiger partial charge in [-0.2, -0.15) is 5.26 Å². The number of hydrogen-bond donors (Lipinski definition) is 2. The lowest BCUT2D eigenvalue weighted by molar-refractivity contribution is 0.632. The zero-order chi connectivity index (χ0) is 16.2. The maximum absolute atomic E-state index is 13.8. The maximum Gasteiger partial charge on any atom is 0.148 e. The van der Waals surface area contributed by atoms with Crippen LogP contribution in [0.1, 0.15) is 5.56 Å². The van der Waals surface area contributed by atoms with E-state index in [0.29, 0.717) is 10.8 Å². The Morgan fingerprint density at radius 3 is 2.87 bits per heavy atom. The van der Waals surface area contributed by atoms with E-state index in [1.54, 1.807) is 18.3 Å². The van der Waals surface area contributed by atoms with Crippen molar-refractivity contribution in [2.45, 2.75) is 4.90 Å². The Morgan fingerprint density at radius 2 is 2.13 bits per heavy atom. The van der Waals surface area contributed by atoms with Crippen molar-refractivity contribution < 1.29 is 4.39 Å². The van der Waals surface area contributed by atoms with Crippen LogP contribution in [0.3, 0.4) is 0 Å². The molecule has 1 aromatic carbocycles. The Morgan fingerprint density at radius 1 is 1.26 bits per heavy atom. The number of anilines is 1. The first-order valence-electron chi connectivity index (χ1n) is 6.59. The third kappa shape index (κ3) is 3.65. The topological polar surface area (TPSA) is 64.5 Å². The number of halogens is 2. The summed E-state index contributed by atoms with van der Waals surface area (Å²) < 4.78 is 16.7. The highest BCUT2D eigenvalue weighted by Gasteiger charge is 2.07. The molecule has 114 valence electrons. The summed E-state index contributed by atoms with van der Waals surface area (Å²) in [6, 6.07) is 13.5. The summed E-state index contributed by atoms with van der Waals surface area (Å²) in [4.78, 5) is 8.19. The quantitative estimate of drug-likeness (QED) is 0.524. The van der Waals surface area contributed by atoms with Crippen molar-refractivity contribution in [3.63, 3.8) is 0 Å². The van der Waals surface area contributed by atoms with Crippen LogP contribution in [-0.4, -0.2) is 9.97 Å². The number of benzene rings is 1. The zero-order valence-electron chi connectivity index (χ0n) is 11.7. The van der Waals surface area contributed by atoms with Crippen LogP contribution in [0.2, 0.25) is 5.15 Å². The minimum atomic E-state index is -0.469. The fraction of sp³-hybridized carbons (Fsp3) is 0. The summed E-state index contributed by atoms with van der Waals surface area (Å²) in [6.45, 7) is 0. The molecule has 0 saturated heterocycles. The average Bonchev–Trinajstić information content (AvgIpc) is 3.02. The summed E-state index contributed by atoms with van der Waals surface area (Å²) in [5.41, 5.74) is 2.15. The van der Waals surface area contributed by atoms with E-state index in [4.69, 9.17) is 16.9 Å². The highest BCUT2D eigenvalue weighted by Crippen LogP contribution is 2.27. The van der Waals surface area contributed by atoms with Gasteiger partial charge in [0.2, 0.25) is 0 Å². The Kier molecular flexibility index (Phi) is 4.51. The second-order valence-corrected chi connectivity index (χ2v) is 5.87. The first kappa shape index (κ1) is 15.4. The van der Waals surface area contributed by atoms with Gasteiger partial charge < -0.3 is 9.71 Å². The number of nitrogens with zero attached hydrogens (tertiary/aromatic N) is 2. The summed E-state index contributed by atoms with van der Waals surface area (Å²) in [5.74, 6) is -0.469. The van der Waals surface area contributed by atoms with Gasteiger partial charge in [-0.25, -0.2) is 9.37 Å². The van der Waals surface area contributed by atoms with Crippen molar-refractivity contribution in [2.75, 3.05) is 4.72 Å². The van der Waals surface area contributed by atoms with Crippen LogP contribution in [0, 0.1) is 17.1 Å². The molecular weight excluding hydrogens is 335 g/mol. The van der Waals surface area contributed by atoms with Gasteiger partial charge in [-0.3, -0.25) is 0 Å². The average molecular weight is 345 g/mol. The lowest BCUT2D eigenvalue weighted by Crippen LogP contribution is -1.91. The Labute approximate surface area is 141 Å². The number of hydrogen-bond acceptors (Lipinski definition) is 4. The Balaban J connectivity index is 1.72. The van der Waals surface area contributed by atoms with Gasteiger partial charge >= 0.3 is 0 Å². The molecule has 2 heterocycles. The number of nitrogens with one attached hydrogen (secondary N) is 2. The number of aromatic amines is 1. The van der Waals surface area contributed by atoms with Gasteiger partial charge in [-0.05, 0) is 48.3 Å². The molecule has 3 aromatic rings. The fourth-order valence-electron chi connectivity index (χ4n) is 1.92. The molecule has 23 heavy (non-hydrogen) atoms. The number of aromatic nitrogens is 2. The van der Waals surface area contributed by atoms with E-state index in [1.165, 1.54) is 24.1 Å². The van der Waals surface area contributed by atoms with Gasteiger partial charge in [0.1, 0.15) is 11.0 Å². The molecule has 4 nitrogen and oxygen atoms in total. The normalized spacial score (nSPS) is 10.3. The third-order valence-corrected chi connectivity index (χ3v) is 4.03. The zero-order valence-corrected chi connectivity index (χ0v) is 13.2. The molecule has 0 saturated carbocycles. The molecule has 3 rings (SSSR count). The van der Waals surface area contributed by atoms with Crippen LogP contribution >= 0.6 is 23.5 Å². The molecule has 7 heteroatoms. The number of rotatable bonds is 4. The minimum Gasteiger partial charge on any atom is -0.359 e. The molecule has 0 aliphatic carbocycles. The van der Waals surface area contributed by atoms with Gasteiger partial charge in [-0.1, -0.05) is 17.7 Å². The van der Waals surface area contributed by atoms with Crippen LogP contribution in [0.25, 0.3) is 11.4 Å². The fourth-order valence-corrected chi connectivity index (χ4v) is 2.77. The Hall–Kier alpha value is -2.49.